The van der Waals surface area contributed by atoms with Gasteiger partial charge in [-0.25, -0.2) is 12.8 Å². The van der Waals surface area contributed by atoms with Gasteiger partial charge in [0.05, 0.1) is 10.6 Å². The van der Waals surface area contributed by atoms with Gasteiger partial charge in [-0.3, -0.25) is 4.68 Å². The second-order valence-corrected chi connectivity index (χ2v) is 6.34. The third-order valence-electron chi connectivity index (χ3n) is 2.80. The minimum atomic E-state index is -3.56. The van der Waals surface area contributed by atoms with Crippen molar-refractivity contribution < 1.29 is 12.8 Å². The Balaban J connectivity index is 2.21. The Morgan fingerprint density at radius 2 is 2.11 bits per heavy atom. The molecule has 0 spiro atoms. The number of hydrogen-bond donors (Lipinski definition) is 1. The van der Waals surface area contributed by atoms with E-state index >= 15 is 0 Å². The van der Waals surface area contributed by atoms with Gasteiger partial charge in [-0.05, 0) is 24.3 Å². The number of anilines is 1. The molecule has 19 heavy (non-hydrogen) atoms. The number of aromatic nitrogens is 2. The molecule has 7 heteroatoms. The van der Waals surface area contributed by atoms with Crippen LogP contribution in [0.1, 0.15) is 5.69 Å². The van der Waals surface area contributed by atoms with E-state index in [2.05, 4.69) is 5.10 Å². The smallest absolute Gasteiger partial charge is 0.178 e. The Bertz CT molecular complexity index is 675. The maximum absolute atomic E-state index is 13.2. The summed E-state index contributed by atoms with van der Waals surface area (Å²) < 4.78 is 39.0. The Labute approximate surface area is 110 Å². The summed E-state index contributed by atoms with van der Waals surface area (Å²) in [6.07, 6.45) is 1.91. The molecule has 0 saturated heterocycles. The Hall–Kier alpha value is -1.89. The molecule has 1 aromatic heterocycles. The summed E-state index contributed by atoms with van der Waals surface area (Å²) in [5.41, 5.74) is 6.35. The predicted molar refractivity (Wildman–Crippen MR) is 69.8 cm³/mol. The molecular formula is C12H14FN3O2S. The van der Waals surface area contributed by atoms with E-state index in [0.717, 1.165) is 17.8 Å². The Morgan fingerprint density at radius 3 is 2.68 bits per heavy atom. The minimum Gasteiger partial charge on any atom is -0.399 e. The van der Waals surface area contributed by atoms with Crippen molar-refractivity contribution >= 4 is 15.5 Å². The molecule has 0 radical (unpaired) electrons. The van der Waals surface area contributed by atoms with Gasteiger partial charge in [0.1, 0.15) is 5.82 Å². The zero-order valence-corrected chi connectivity index (χ0v) is 11.2. The molecule has 2 N–H and O–H groups in total. The van der Waals surface area contributed by atoms with Crippen molar-refractivity contribution in [1.82, 2.24) is 9.78 Å². The standard InChI is InChI=1S/C12H14FN3O2S/c1-16-11(2-4-15-16)3-5-19(17,18)12-7-9(13)6-10(14)8-12/h2,4,6-8H,3,5,14H2,1H3. The Kier molecular flexibility index (Phi) is 3.57. The third kappa shape index (κ3) is 3.11. The van der Waals surface area contributed by atoms with E-state index in [0.29, 0.717) is 6.42 Å². The fourth-order valence-electron chi connectivity index (χ4n) is 1.77. The van der Waals surface area contributed by atoms with Gasteiger partial charge in [-0.1, -0.05) is 0 Å². The van der Waals surface area contributed by atoms with Crippen LogP contribution in [0.25, 0.3) is 0 Å². The van der Waals surface area contributed by atoms with Gasteiger partial charge < -0.3 is 5.73 Å². The van der Waals surface area contributed by atoms with Crippen LogP contribution in [0.3, 0.4) is 0 Å². The number of sulfone groups is 1. The van der Waals surface area contributed by atoms with Crippen molar-refractivity contribution in [2.75, 3.05) is 11.5 Å². The highest BCUT2D eigenvalue weighted by molar-refractivity contribution is 7.91. The van der Waals surface area contributed by atoms with E-state index in [1.807, 2.05) is 0 Å². The number of hydrogen-bond acceptors (Lipinski definition) is 4. The molecular weight excluding hydrogens is 269 g/mol. The van der Waals surface area contributed by atoms with Crippen LogP contribution >= 0.6 is 0 Å². The number of nitrogen functional groups attached to an aromatic ring is 1. The molecule has 2 aromatic rings. The average molecular weight is 283 g/mol. The van der Waals surface area contributed by atoms with Crippen LogP contribution in [0.2, 0.25) is 0 Å². The quantitative estimate of drug-likeness (QED) is 0.854. The molecule has 0 fully saturated rings. The summed E-state index contributed by atoms with van der Waals surface area (Å²) in [6, 6.07) is 5.08. The van der Waals surface area contributed by atoms with Crippen LogP contribution in [-0.4, -0.2) is 24.0 Å². The second-order valence-electron chi connectivity index (χ2n) is 4.24. The lowest BCUT2D eigenvalue weighted by Crippen LogP contribution is -2.12. The molecule has 5 nitrogen and oxygen atoms in total. The molecule has 0 aliphatic heterocycles. The Morgan fingerprint density at radius 1 is 1.37 bits per heavy atom. The molecule has 0 bridgehead atoms. The fourth-order valence-corrected chi connectivity index (χ4v) is 3.09. The first-order valence-corrected chi connectivity index (χ1v) is 7.29. The first kappa shape index (κ1) is 13.5. The zero-order valence-electron chi connectivity index (χ0n) is 10.4. The van der Waals surface area contributed by atoms with Crippen LogP contribution in [0.15, 0.2) is 35.4 Å². The predicted octanol–water partition coefficient (Wildman–Crippen LogP) is 1.16. The highest BCUT2D eigenvalue weighted by Crippen LogP contribution is 2.18. The molecule has 0 unspecified atom stereocenters. The molecule has 2 rings (SSSR count). The van der Waals surface area contributed by atoms with E-state index in [-0.39, 0.29) is 16.3 Å². The van der Waals surface area contributed by atoms with Crippen molar-refractivity contribution in [2.24, 2.45) is 7.05 Å². The molecule has 0 saturated carbocycles. The first-order chi connectivity index (χ1) is 8.88. The summed E-state index contributed by atoms with van der Waals surface area (Å²) >= 11 is 0. The number of nitrogens with zero attached hydrogens (tertiary/aromatic N) is 2. The number of aryl methyl sites for hydroxylation is 2. The lowest BCUT2D eigenvalue weighted by Gasteiger charge is -2.06. The van der Waals surface area contributed by atoms with E-state index < -0.39 is 15.7 Å². The number of nitrogens with two attached hydrogens (primary N) is 1. The van der Waals surface area contributed by atoms with Crippen molar-refractivity contribution in [3.05, 3.63) is 42.0 Å². The van der Waals surface area contributed by atoms with Crippen molar-refractivity contribution in [3.63, 3.8) is 0 Å². The molecule has 0 atom stereocenters. The molecule has 1 heterocycles. The maximum atomic E-state index is 13.2. The fraction of sp³-hybridized carbons (Fsp3) is 0.250. The molecule has 0 aliphatic carbocycles. The summed E-state index contributed by atoms with van der Waals surface area (Å²) in [5.74, 6) is -0.769. The average Bonchev–Trinajstić information content (AvgIpc) is 2.71. The first-order valence-electron chi connectivity index (χ1n) is 5.64. The molecule has 102 valence electrons. The molecule has 1 aromatic carbocycles. The van der Waals surface area contributed by atoms with Gasteiger partial charge >= 0.3 is 0 Å². The minimum absolute atomic E-state index is 0.0906. The van der Waals surface area contributed by atoms with E-state index in [9.17, 15) is 12.8 Å². The van der Waals surface area contributed by atoms with Crippen LogP contribution in [0.4, 0.5) is 10.1 Å². The lowest BCUT2D eigenvalue weighted by atomic mass is 10.3. The summed E-state index contributed by atoms with van der Waals surface area (Å²) in [6.45, 7) is 0. The maximum Gasteiger partial charge on any atom is 0.178 e. The lowest BCUT2D eigenvalue weighted by molar-refractivity contribution is 0.589. The number of rotatable bonds is 4. The van der Waals surface area contributed by atoms with Crippen LogP contribution < -0.4 is 5.73 Å². The van der Waals surface area contributed by atoms with Gasteiger partial charge in [-0.2, -0.15) is 5.10 Å². The van der Waals surface area contributed by atoms with Gasteiger partial charge in [0, 0.05) is 31.0 Å². The number of benzene rings is 1. The monoisotopic (exact) mass is 283 g/mol. The molecule has 0 aliphatic rings. The van der Waals surface area contributed by atoms with E-state index in [4.69, 9.17) is 5.73 Å². The van der Waals surface area contributed by atoms with Gasteiger partial charge in [0.15, 0.2) is 9.84 Å². The normalized spacial score (nSPS) is 11.7. The highest BCUT2D eigenvalue weighted by atomic mass is 32.2. The largest absolute Gasteiger partial charge is 0.399 e. The van der Waals surface area contributed by atoms with E-state index in [1.54, 1.807) is 24.0 Å². The van der Waals surface area contributed by atoms with Crippen LogP contribution in [0, 0.1) is 5.82 Å². The van der Waals surface area contributed by atoms with Crippen molar-refractivity contribution in [1.29, 1.82) is 0 Å². The van der Waals surface area contributed by atoms with E-state index in [1.165, 1.54) is 6.07 Å². The van der Waals surface area contributed by atoms with Crippen molar-refractivity contribution in [3.8, 4) is 0 Å². The topological polar surface area (TPSA) is 78.0 Å². The van der Waals surface area contributed by atoms with Gasteiger partial charge in [0.2, 0.25) is 0 Å². The van der Waals surface area contributed by atoms with Crippen LogP contribution in [-0.2, 0) is 23.3 Å². The van der Waals surface area contributed by atoms with Gasteiger partial charge in [-0.15, -0.1) is 0 Å². The summed E-state index contributed by atoms with van der Waals surface area (Å²) in [4.78, 5) is -0.0906. The van der Waals surface area contributed by atoms with Crippen LogP contribution in [0.5, 0.6) is 0 Å². The van der Waals surface area contributed by atoms with Gasteiger partial charge in [0.25, 0.3) is 0 Å². The summed E-state index contributed by atoms with van der Waals surface area (Å²) in [7, 11) is -1.82. The second kappa shape index (κ2) is 5.00. The number of halogens is 1. The SMILES string of the molecule is Cn1nccc1CCS(=O)(=O)c1cc(N)cc(F)c1. The highest BCUT2D eigenvalue weighted by Gasteiger charge is 2.17. The third-order valence-corrected chi connectivity index (χ3v) is 4.50. The molecule has 0 amide bonds. The van der Waals surface area contributed by atoms with Crippen molar-refractivity contribution in [2.45, 2.75) is 11.3 Å². The summed E-state index contributed by atoms with van der Waals surface area (Å²) in [5, 5.41) is 3.96. The zero-order chi connectivity index (χ0) is 14.0.